The minimum Gasteiger partial charge on any atom is -0.507 e. The van der Waals surface area contributed by atoms with Gasteiger partial charge in [0.1, 0.15) is 11.5 Å². The van der Waals surface area contributed by atoms with Gasteiger partial charge in [0.2, 0.25) is 0 Å². The molecule has 7 nitrogen and oxygen atoms in total. The molecule has 0 spiro atoms. The number of ketones is 1. The van der Waals surface area contributed by atoms with Crippen LogP contribution in [0.4, 0.5) is 5.69 Å². The van der Waals surface area contributed by atoms with Gasteiger partial charge in [-0.25, -0.2) is 0 Å². The van der Waals surface area contributed by atoms with Crippen molar-refractivity contribution in [2.24, 2.45) is 0 Å². The van der Waals surface area contributed by atoms with Gasteiger partial charge in [0.15, 0.2) is 11.5 Å². The molecule has 1 saturated heterocycles. The molecule has 1 aliphatic heterocycles. The van der Waals surface area contributed by atoms with Crippen LogP contribution in [0, 0.1) is 13.8 Å². The Kier molecular flexibility index (Phi) is 6.51. The molecular weight excluding hydrogens is 446 g/mol. The highest BCUT2D eigenvalue weighted by molar-refractivity contribution is 6.51. The highest BCUT2D eigenvalue weighted by Crippen LogP contribution is 2.43. The summed E-state index contributed by atoms with van der Waals surface area (Å²) in [6, 6.07) is 16.6. The van der Waals surface area contributed by atoms with Gasteiger partial charge in [0, 0.05) is 11.3 Å². The number of nitrogens with zero attached hydrogens (tertiary/aromatic N) is 1. The van der Waals surface area contributed by atoms with Gasteiger partial charge in [-0.15, -0.1) is 0 Å². The predicted octanol–water partition coefficient (Wildman–Crippen LogP) is 4.96. The SMILES string of the molecule is COc1cccc(C2/C(=C(\O)c3ccc(OC)c(OC)c3)C(=O)C(=O)N2c2ccc(C)c(C)c2)c1. The lowest BCUT2D eigenvalue weighted by Gasteiger charge is -2.26. The van der Waals surface area contributed by atoms with E-state index in [1.807, 2.05) is 26.0 Å². The van der Waals surface area contributed by atoms with Crippen molar-refractivity contribution in [1.29, 1.82) is 0 Å². The van der Waals surface area contributed by atoms with Crippen LogP contribution in [0.2, 0.25) is 0 Å². The van der Waals surface area contributed by atoms with Crippen LogP contribution < -0.4 is 19.1 Å². The zero-order valence-electron chi connectivity index (χ0n) is 20.3. The Morgan fingerprint density at radius 1 is 0.829 bits per heavy atom. The maximum absolute atomic E-state index is 13.4. The predicted molar refractivity (Wildman–Crippen MR) is 133 cm³/mol. The second-order valence-corrected chi connectivity index (χ2v) is 8.28. The summed E-state index contributed by atoms with van der Waals surface area (Å²) in [6.45, 7) is 3.92. The van der Waals surface area contributed by atoms with Gasteiger partial charge < -0.3 is 19.3 Å². The number of hydrogen-bond donors (Lipinski definition) is 1. The van der Waals surface area contributed by atoms with Gasteiger partial charge in [-0.2, -0.15) is 0 Å². The Morgan fingerprint density at radius 3 is 2.23 bits per heavy atom. The number of methoxy groups -OCH3 is 3. The fourth-order valence-electron chi connectivity index (χ4n) is 4.24. The Balaban J connectivity index is 1.96. The topological polar surface area (TPSA) is 85.3 Å². The summed E-state index contributed by atoms with van der Waals surface area (Å²) in [6.07, 6.45) is 0. The van der Waals surface area contributed by atoms with Gasteiger partial charge in [-0.05, 0) is 73.0 Å². The second kappa shape index (κ2) is 9.54. The number of anilines is 1. The molecule has 0 aliphatic carbocycles. The van der Waals surface area contributed by atoms with Crippen LogP contribution in [0.5, 0.6) is 17.2 Å². The third-order valence-electron chi connectivity index (χ3n) is 6.28. The number of Topliss-reactive ketones (excluding diaryl/α,β-unsaturated/α-hetero) is 1. The zero-order valence-corrected chi connectivity index (χ0v) is 20.3. The lowest BCUT2D eigenvalue weighted by Crippen LogP contribution is -2.29. The molecular formula is C28H27NO6. The monoisotopic (exact) mass is 473 g/mol. The molecule has 1 N–H and O–H groups in total. The van der Waals surface area contributed by atoms with Crippen LogP contribution in [-0.2, 0) is 9.59 Å². The van der Waals surface area contributed by atoms with Crippen LogP contribution in [0.1, 0.15) is 28.3 Å². The number of aliphatic hydroxyl groups is 1. The number of benzene rings is 3. The normalized spacial score (nSPS) is 16.9. The first kappa shape index (κ1) is 23.9. The molecule has 0 aromatic heterocycles. The molecule has 1 heterocycles. The van der Waals surface area contributed by atoms with Crippen molar-refractivity contribution in [3.8, 4) is 17.2 Å². The van der Waals surface area contributed by atoms with E-state index in [1.54, 1.807) is 55.6 Å². The third kappa shape index (κ3) is 4.21. The van der Waals surface area contributed by atoms with Gasteiger partial charge >= 0.3 is 0 Å². The van der Waals surface area contributed by atoms with Gasteiger partial charge in [0.05, 0.1) is 32.9 Å². The van der Waals surface area contributed by atoms with Crippen molar-refractivity contribution in [3.05, 3.63) is 88.5 Å². The van der Waals surface area contributed by atoms with Crippen molar-refractivity contribution in [2.45, 2.75) is 19.9 Å². The van der Waals surface area contributed by atoms with Crippen molar-refractivity contribution >= 4 is 23.1 Å². The quantitative estimate of drug-likeness (QED) is 0.310. The van der Waals surface area contributed by atoms with E-state index in [1.165, 1.54) is 19.1 Å². The number of hydrogen-bond acceptors (Lipinski definition) is 6. The lowest BCUT2D eigenvalue weighted by atomic mass is 9.94. The van der Waals surface area contributed by atoms with E-state index in [0.717, 1.165) is 11.1 Å². The Labute approximate surface area is 204 Å². The molecule has 180 valence electrons. The smallest absolute Gasteiger partial charge is 0.300 e. The average molecular weight is 474 g/mol. The van der Waals surface area contributed by atoms with Crippen LogP contribution in [-0.4, -0.2) is 38.1 Å². The molecule has 0 bridgehead atoms. The maximum Gasteiger partial charge on any atom is 0.300 e. The summed E-state index contributed by atoms with van der Waals surface area (Å²) in [5, 5.41) is 11.4. The van der Waals surface area contributed by atoms with Crippen LogP contribution in [0.3, 0.4) is 0 Å². The molecule has 1 amide bonds. The molecule has 1 fully saturated rings. The second-order valence-electron chi connectivity index (χ2n) is 8.28. The van der Waals surface area contributed by atoms with Crippen molar-refractivity contribution in [3.63, 3.8) is 0 Å². The molecule has 7 heteroatoms. The first-order chi connectivity index (χ1) is 16.8. The average Bonchev–Trinajstić information content (AvgIpc) is 3.15. The van der Waals surface area contributed by atoms with E-state index in [-0.39, 0.29) is 11.3 Å². The number of rotatable bonds is 6. The summed E-state index contributed by atoms with van der Waals surface area (Å²) in [4.78, 5) is 28.2. The van der Waals surface area contributed by atoms with Gasteiger partial charge in [0.25, 0.3) is 11.7 Å². The molecule has 0 saturated carbocycles. The Morgan fingerprint density at radius 2 is 1.57 bits per heavy atom. The summed E-state index contributed by atoms with van der Waals surface area (Å²) in [5.41, 5.74) is 3.54. The molecule has 0 radical (unpaired) electrons. The zero-order chi connectivity index (χ0) is 25.3. The number of carbonyl (C=O) groups is 2. The first-order valence-electron chi connectivity index (χ1n) is 11.0. The number of ether oxygens (including phenoxy) is 3. The molecule has 35 heavy (non-hydrogen) atoms. The number of carbonyl (C=O) groups excluding carboxylic acids is 2. The fourth-order valence-corrected chi connectivity index (χ4v) is 4.24. The van der Waals surface area contributed by atoms with Crippen LogP contribution >= 0.6 is 0 Å². The van der Waals surface area contributed by atoms with Crippen molar-refractivity contribution < 1.29 is 28.9 Å². The van der Waals surface area contributed by atoms with Crippen molar-refractivity contribution in [1.82, 2.24) is 0 Å². The lowest BCUT2D eigenvalue weighted by molar-refractivity contribution is -0.132. The molecule has 4 rings (SSSR count). The van der Waals surface area contributed by atoms with Gasteiger partial charge in [-0.3, -0.25) is 14.5 Å². The highest BCUT2D eigenvalue weighted by atomic mass is 16.5. The molecule has 1 unspecified atom stereocenters. The standard InChI is InChI=1S/C28H27NO6/c1-16-9-11-20(13-17(16)2)29-25(18-7-6-8-21(14-18)33-3)24(27(31)28(29)32)26(30)19-10-12-22(34-4)23(15-19)35-5/h6-15,25,30H,1-5H3/b26-24+. The van der Waals surface area contributed by atoms with E-state index >= 15 is 0 Å². The van der Waals surface area contributed by atoms with Crippen LogP contribution in [0.25, 0.3) is 5.76 Å². The highest BCUT2D eigenvalue weighted by Gasteiger charge is 2.47. The molecule has 3 aromatic rings. The summed E-state index contributed by atoms with van der Waals surface area (Å²) < 4.78 is 16.0. The summed E-state index contributed by atoms with van der Waals surface area (Å²) in [5.74, 6) is -0.365. The van der Waals surface area contributed by atoms with Crippen LogP contribution in [0.15, 0.2) is 66.2 Å². The minimum absolute atomic E-state index is 0.0197. The first-order valence-corrected chi connectivity index (χ1v) is 11.0. The van der Waals surface area contributed by atoms with E-state index in [2.05, 4.69) is 0 Å². The molecule has 1 atom stereocenters. The van der Waals surface area contributed by atoms with E-state index < -0.39 is 17.7 Å². The van der Waals surface area contributed by atoms with E-state index in [9.17, 15) is 14.7 Å². The Bertz CT molecular complexity index is 1340. The molecule has 3 aromatic carbocycles. The third-order valence-corrected chi connectivity index (χ3v) is 6.28. The van der Waals surface area contributed by atoms with E-state index in [0.29, 0.717) is 34.1 Å². The maximum atomic E-state index is 13.4. The number of amides is 1. The number of aryl methyl sites for hydroxylation is 2. The van der Waals surface area contributed by atoms with Gasteiger partial charge in [-0.1, -0.05) is 18.2 Å². The summed E-state index contributed by atoms with van der Waals surface area (Å²) >= 11 is 0. The van der Waals surface area contributed by atoms with Crippen molar-refractivity contribution in [2.75, 3.05) is 26.2 Å². The Hall–Kier alpha value is -4.26. The fraction of sp³-hybridized carbons (Fsp3) is 0.214. The van der Waals surface area contributed by atoms with E-state index in [4.69, 9.17) is 14.2 Å². The minimum atomic E-state index is -0.861. The largest absolute Gasteiger partial charge is 0.507 e. The number of aliphatic hydroxyl groups excluding tert-OH is 1. The summed E-state index contributed by atoms with van der Waals surface area (Å²) in [7, 11) is 4.54. The molecule has 1 aliphatic rings.